The highest BCUT2D eigenvalue weighted by Gasteiger charge is 2.20. The molecule has 0 bridgehead atoms. The van der Waals surface area contributed by atoms with Crippen molar-refractivity contribution in [1.82, 2.24) is 0 Å². The number of carbonyl (C=O) groups excluding carboxylic acids is 1. The summed E-state index contributed by atoms with van der Waals surface area (Å²) in [4.78, 5) is 23.4. The van der Waals surface area contributed by atoms with Gasteiger partial charge in [0.1, 0.15) is 5.56 Å². The number of rotatable bonds is 2. The average molecular weight is 288 g/mol. The van der Waals surface area contributed by atoms with Crippen LogP contribution < -0.4 is 5.43 Å². The zero-order valence-corrected chi connectivity index (χ0v) is 10.4. The number of carbonyl (C=O) groups is 1. The first-order valence-electron chi connectivity index (χ1n) is 5.23. The van der Waals surface area contributed by atoms with Crippen molar-refractivity contribution in [3.8, 4) is 0 Å². The van der Waals surface area contributed by atoms with Gasteiger partial charge in [-0.1, -0.05) is 0 Å². The van der Waals surface area contributed by atoms with Gasteiger partial charge in [-0.2, -0.15) is 0 Å². The van der Waals surface area contributed by atoms with Crippen molar-refractivity contribution in [2.75, 3.05) is 6.61 Å². The van der Waals surface area contributed by atoms with E-state index < -0.39 is 28.8 Å². The summed E-state index contributed by atoms with van der Waals surface area (Å²) in [6.45, 7) is 1.62. The zero-order chi connectivity index (χ0) is 14.2. The molecule has 0 saturated carbocycles. The molecular formula is C12H7F3O3S. The molecule has 2 rings (SSSR count). The number of hydrogen-bond acceptors (Lipinski definition) is 4. The minimum absolute atomic E-state index is 0.0626. The van der Waals surface area contributed by atoms with Gasteiger partial charge in [0.05, 0.1) is 11.3 Å². The third-order valence-corrected chi connectivity index (χ3v) is 3.39. The Hall–Kier alpha value is -1.89. The van der Waals surface area contributed by atoms with E-state index in [1.54, 1.807) is 6.92 Å². The van der Waals surface area contributed by atoms with Crippen LogP contribution in [0, 0.1) is 17.5 Å². The smallest absolute Gasteiger partial charge is 0.342 e. The first-order chi connectivity index (χ1) is 8.97. The van der Waals surface area contributed by atoms with Gasteiger partial charge in [-0.15, -0.1) is 11.3 Å². The summed E-state index contributed by atoms with van der Waals surface area (Å²) in [6, 6.07) is 0.579. The SMILES string of the molecule is CCOC(=O)c1csc2c(F)c(F)c(F)cc2c1=O. The van der Waals surface area contributed by atoms with Crippen molar-refractivity contribution in [3.63, 3.8) is 0 Å². The van der Waals surface area contributed by atoms with Crippen molar-refractivity contribution < 1.29 is 22.7 Å². The van der Waals surface area contributed by atoms with E-state index in [-0.39, 0.29) is 22.3 Å². The van der Waals surface area contributed by atoms with Gasteiger partial charge in [-0.25, -0.2) is 18.0 Å². The lowest BCUT2D eigenvalue weighted by molar-refractivity contribution is 0.0525. The van der Waals surface area contributed by atoms with Crippen LogP contribution in [-0.2, 0) is 4.74 Å². The number of ether oxygens (including phenoxy) is 1. The molecule has 0 amide bonds. The molecule has 2 aromatic rings. The molecule has 3 nitrogen and oxygen atoms in total. The van der Waals surface area contributed by atoms with Crippen LogP contribution in [-0.4, -0.2) is 12.6 Å². The molecule has 0 radical (unpaired) electrons. The molecule has 1 aromatic carbocycles. The van der Waals surface area contributed by atoms with Crippen molar-refractivity contribution in [2.24, 2.45) is 0 Å². The molecule has 0 saturated heterocycles. The van der Waals surface area contributed by atoms with Gasteiger partial charge in [-0.3, -0.25) is 4.79 Å². The second-order valence-corrected chi connectivity index (χ2v) is 4.44. The van der Waals surface area contributed by atoms with E-state index in [1.165, 1.54) is 0 Å². The fourth-order valence-electron chi connectivity index (χ4n) is 1.53. The Morgan fingerprint density at radius 3 is 2.63 bits per heavy atom. The van der Waals surface area contributed by atoms with E-state index in [9.17, 15) is 22.8 Å². The van der Waals surface area contributed by atoms with Crippen LogP contribution in [0.3, 0.4) is 0 Å². The van der Waals surface area contributed by atoms with Crippen LogP contribution >= 0.6 is 11.3 Å². The summed E-state index contributed by atoms with van der Waals surface area (Å²) < 4.78 is 43.9. The molecular weight excluding hydrogens is 281 g/mol. The Bertz CT molecular complexity index is 724. The molecule has 7 heteroatoms. The molecule has 1 heterocycles. The maximum absolute atomic E-state index is 13.5. The lowest BCUT2D eigenvalue weighted by Gasteiger charge is -2.04. The summed E-state index contributed by atoms with van der Waals surface area (Å²) in [5.74, 6) is -5.44. The minimum Gasteiger partial charge on any atom is -0.462 e. The maximum Gasteiger partial charge on any atom is 0.342 e. The normalized spacial score (nSPS) is 10.7. The van der Waals surface area contributed by atoms with Crippen molar-refractivity contribution in [3.05, 3.63) is 44.7 Å². The highest BCUT2D eigenvalue weighted by Crippen LogP contribution is 2.24. The van der Waals surface area contributed by atoms with E-state index in [4.69, 9.17) is 0 Å². The van der Waals surface area contributed by atoms with Gasteiger partial charge in [0, 0.05) is 10.8 Å². The lowest BCUT2D eigenvalue weighted by atomic mass is 10.2. The standard InChI is InChI=1S/C12H7F3O3S/c1-2-18-12(17)6-4-19-11-5(10(6)16)3-7(13)8(14)9(11)15/h3-4H,2H2,1H3. The monoisotopic (exact) mass is 288 g/mol. The van der Waals surface area contributed by atoms with Crippen molar-refractivity contribution in [2.45, 2.75) is 6.92 Å². The van der Waals surface area contributed by atoms with Gasteiger partial charge in [-0.05, 0) is 13.0 Å². The Kier molecular flexibility index (Phi) is 3.57. The number of fused-ring (bicyclic) bond motifs is 1. The fraction of sp³-hybridized carbons (Fsp3) is 0.167. The number of hydrogen-bond donors (Lipinski definition) is 0. The summed E-state index contributed by atoms with van der Waals surface area (Å²) >= 11 is 0.639. The zero-order valence-electron chi connectivity index (χ0n) is 9.63. The van der Waals surface area contributed by atoms with Gasteiger partial charge >= 0.3 is 5.97 Å². The van der Waals surface area contributed by atoms with Crippen molar-refractivity contribution >= 4 is 27.4 Å². The van der Waals surface area contributed by atoms with E-state index in [2.05, 4.69) is 4.74 Å². The topological polar surface area (TPSA) is 43.4 Å². The first-order valence-corrected chi connectivity index (χ1v) is 6.11. The molecule has 0 unspecified atom stereocenters. The van der Waals surface area contributed by atoms with Crippen LogP contribution in [0.2, 0.25) is 0 Å². The Morgan fingerprint density at radius 1 is 1.32 bits per heavy atom. The summed E-state index contributed by atoms with van der Waals surface area (Å²) in [6.07, 6.45) is 0. The second-order valence-electron chi connectivity index (χ2n) is 3.56. The number of halogens is 3. The quantitative estimate of drug-likeness (QED) is 0.630. The van der Waals surface area contributed by atoms with Crippen molar-refractivity contribution in [1.29, 1.82) is 0 Å². The summed E-state index contributed by atoms with van der Waals surface area (Å²) in [5.41, 5.74) is -1.21. The molecule has 0 N–H and O–H groups in total. The number of esters is 1. The fourth-order valence-corrected chi connectivity index (χ4v) is 2.44. The van der Waals surface area contributed by atoms with Gasteiger partial charge in [0.15, 0.2) is 17.5 Å². The molecule has 0 fully saturated rings. The molecule has 1 aromatic heterocycles. The Morgan fingerprint density at radius 2 is 2.00 bits per heavy atom. The molecule has 0 aliphatic rings. The summed E-state index contributed by atoms with van der Waals surface area (Å²) in [7, 11) is 0. The predicted molar refractivity (Wildman–Crippen MR) is 63.9 cm³/mol. The highest BCUT2D eigenvalue weighted by molar-refractivity contribution is 7.16. The van der Waals surface area contributed by atoms with Gasteiger partial charge in [0.2, 0.25) is 5.43 Å². The van der Waals surface area contributed by atoms with E-state index in [1.807, 2.05) is 0 Å². The first kappa shape index (κ1) is 13.5. The Labute approximate surface area is 109 Å². The number of benzene rings is 1. The minimum atomic E-state index is -1.65. The molecule has 19 heavy (non-hydrogen) atoms. The van der Waals surface area contributed by atoms with Gasteiger partial charge < -0.3 is 4.74 Å². The molecule has 0 spiro atoms. The van der Waals surface area contributed by atoms with E-state index in [0.29, 0.717) is 17.4 Å². The van der Waals surface area contributed by atoms with Crippen LogP contribution in [0.4, 0.5) is 13.2 Å². The van der Waals surface area contributed by atoms with Gasteiger partial charge in [0.25, 0.3) is 0 Å². The third kappa shape index (κ3) is 2.21. The molecule has 100 valence electrons. The second kappa shape index (κ2) is 5.00. The van der Waals surface area contributed by atoms with Crippen LogP contribution in [0.15, 0.2) is 16.2 Å². The largest absolute Gasteiger partial charge is 0.462 e. The van der Waals surface area contributed by atoms with Crippen LogP contribution in [0.5, 0.6) is 0 Å². The third-order valence-electron chi connectivity index (χ3n) is 2.40. The predicted octanol–water partition coefficient (Wildman–Crippen LogP) is 2.86. The van der Waals surface area contributed by atoms with Crippen LogP contribution in [0.25, 0.3) is 10.1 Å². The van der Waals surface area contributed by atoms with E-state index in [0.717, 1.165) is 5.38 Å². The molecule has 0 atom stereocenters. The summed E-state index contributed by atoms with van der Waals surface area (Å²) in [5, 5.41) is 0.690. The molecule has 0 aliphatic heterocycles. The molecule has 0 aliphatic carbocycles. The average Bonchev–Trinajstić information content (AvgIpc) is 2.38. The van der Waals surface area contributed by atoms with Crippen LogP contribution in [0.1, 0.15) is 17.3 Å². The maximum atomic E-state index is 13.5. The van der Waals surface area contributed by atoms with E-state index >= 15 is 0 Å². The lowest BCUT2D eigenvalue weighted by Crippen LogP contribution is -2.17. The Balaban J connectivity index is 2.76. The highest BCUT2D eigenvalue weighted by atomic mass is 32.1.